The molecule has 0 aromatic carbocycles. The summed E-state index contributed by atoms with van der Waals surface area (Å²) in [5.41, 5.74) is 0. The van der Waals surface area contributed by atoms with E-state index in [1.807, 2.05) is 0 Å². The van der Waals surface area contributed by atoms with Crippen LogP contribution in [0.25, 0.3) is 0 Å². The average molecular weight is 1380 g/mol. The van der Waals surface area contributed by atoms with Gasteiger partial charge in [0, 0.05) is 25.7 Å². The summed E-state index contributed by atoms with van der Waals surface area (Å²) in [6.07, 6.45) is 48.8. The first kappa shape index (κ1) is 92.1. The summed E-state index contributed by atoms with van der Waals surface area (Å²) < 4.78 is 68.4. The number of phosphoric ester groups is 2. The van der Waals surface area contributed by atoms with Crippen LogP contribution in [0.3, 0.4) is 0 Å². The van der Waals surface area contributed by atoms with Crippen LogP contribution in [-0.2, 0) is 65.4 Å². The van der Waals surface area contributed by atoms with Gasteiger partial charge in [-0.2, -0.15) is 0 Å². The highest BCUT2D eigenvalue weighted by atomic mass is 31.2. The Kier molecular flexibility index (Phi) is 63.1. The van der Waals surface area contributed by atoms with Crippen LogP contribution in [0.4, 0.5) is 0 Å². The minimum absolute atomic E-state index is 0.103. The van der Waals surface area contributed by atoms with Gasteiger partial charge in [0.15, 0.2) is 12.2 Å². The lowest BCUT2D eigenvalue weighted by molar-refractivity contribution is -0.161. The number of ether oxygens (including phenoxy) is 4. The molecule has 0 heterocycles. The third-order valence-corrected chi connectivity index (χ3v) is 19.9. The van der Waals surface area contributed by atoms with Crippen LogP contribution < -0.4 is 0 Å². The largest absolute Gasteiger partial charge is 0.472 e. The quantitative estimate of drug-likeness (QED) is 0.0222. The molecule has 0 aliphatic carbocycles. The number of esters is 4. The van der Waals surface area contributed by atoms with Crippen LogP contribution in [0, 0.1) is 23.7 Å². The maximum absolute atomic E-state index is 13.1. The van der Waals surface area contributed by atoms with E-state index in [0.29, 0.717) is 25.7 Å². The number of carbonyl (C=O) groups is 4. The number of hydrogen-bond acceptors (Lipinski definition) is 15. The summed E-state index contributed by atoms with van der Waals surface area (Å²) in [5.74, 6) is 0.919. The summed E-state index contributed by atoms with van der Waals surface area (Å²) in [4.78, 5) is 72.7. The van der Waals surface area contributed by atoms with Gasteiger partial charge in [-0.1, -0.05) is 325 Å². The van der Waals surface area contributed by atoms with Gasteiger partial charge in [0.25, 0.3) is 0 Å². The molecular formula is C75H146O17P2. The molecule has 0 saturated carbocycles. The average Bonchev–Trinajstić information content (AvgIpc) is 1.60. The molecule has 19 heteroatoms. The van der Waals surface area contributed by atoms with Gasteiger partial charge >= 0.3 is 39.5 Å². The van der Waals surface area contributed by atoms with Crippen molar-refractivity contribution in [3.63, 3.8) is 0 Å². The Balaban J connectivity index is 5.17. The second kappa shape index (κ2) is 64.4. The number of aliphatic hydroxyl groups is 1. The summed E-state index contributed by atoms with van der Waals surface area (Å²) in [5, 5.41) is 10.6. The van der Waals surface area contributed by atoms with Crippen molar-refractivity contribution in [2.75, 3.05) is 39.6 Å². The van der Waals surface area contributed by atoms with Crippen molar-refractivity contribution < 1.29 is 80.2 Å². The fraction of sp³-hybridized carbons (Fsp3) is 0.947. The zero-order valence-electron chi connectivity index (χ0n) is 61.6. The second-order valence-electron chi connectivity index (χ2n) is 28.5. The van der Waals surface area contributed by atoms with Gasteiger partial charge in [-0.15, -0.1) is 0 Å². The van der Waals surface area contributed by atoms with Crippen molar-refractivity contribution in [2.45, 2.75) is 395 Å². The number of carbonyl (C=O) groups excluding carboxylic acids is 4. The summed E-state index contributed by atoms with van der Waals surface area (Å²) in [6.45, 7) is 14.1. The van der Waals surface area contributed by atoms with Crippen LogP contribution >= 0.6 is 15.6 Å². The molecule has 0 aliphatic heterocycles. The molecule has 0 fully saturated rings. The zero-order valence-corrected chi connectivity index (χ0v) is 63.4. The Morgan fingerprint density at radius 2 is 0.511 bits per heavy atom. The van der Waals surface area contributed by atoms with Crippen molar-refractivity contribution in [3.8, 4) is 0 Å². The third kappa shape index (κ3) is 66.0. The molecule has 0 rings (SSSR count). The van der Waals surface area contributed by atoms with Crippen molar-refractivity contribution in [1.29, 1.82) is 0 Å². The van der Waals surface area contributed by atoms with E-state index in [0.717, 1.165) is 120 Å². The lowest BCUT2D eigenvalue weighted by Crippen LogP contribution is -2.30. The minimum atomic E-state index is -4.96. The monoisotopic (exact) mass is 1380 g/mol. The lowest BCUT2D eigenvalue weighted by Gasteiger charge is -2.21. The molecular weight excluding hydrogens is 1230 g/mol. The number of unbranched alkanes of at least 4 members (excludes halogenated alkanes) is 36. The second-order valence-corrected chi connectivity index (χ2v) is 31.4. The van der Waals surface area contributed by atoms with E-state index in [4.69, 9.17) is 37.0 Å². The van der Waals surface area contributed by atoms with Gasteiger partial charge in [0.1, 0.15) is 19.3 Å². The van der Waals surface area contributed by atoms with Gasteiger partial charge in [0.2, 0.25) is 0 Å². The van der Waals surface area contributed by atoms with Gasteiger partial charge < -0.3 is 33.8 Å². The molecule has 0 aromatic heterocycles. The van der Waals surface area contributed by atoms with Gasteiger partial charge in [0.05, 0.1) is 26.4 Å². The first-order valence-electron chi connectivity index (χ1n) is 38.8. The molecule has 3 N–H and O–H groups in total. The van der Waals surface area contributed by atoms with Crippen LogP contribution in [0.5, 0.6) is 0 Å². The molecule has 7 atom stereocenters. The van der Waals surface area contributed by atoms with Crippen LogP contribution in [0.15, 0.2) is 0 Å². The molecule has 0 radical (unpaired) electrons. The van der Waals surface area contributed by atoms with Crippen LogP contribution in [0.2, 0.25) is 0 Å². The Labute approximate surface area is 575 Å². The van der Waals surface area contributed by atoms with E-state index in [1.54, 1.807) is 0 Å². The Morgan fingerprint density at radius 3 is 0.755 bits per heavy atom. The fourth-order valence-electron chi connectivity index (χ4n) is 11.3. The smallest absolute Gasteiger partial charge is 0.462 e. The Bertz CT molecular complexity index is 1850. The number of hydrogen-bond donors (Lipinski definition) is 3. The Hall–Kier alpha value is -1.94. The molecule has 4 unspecified atom stereocenters. The van der Waals surface area contributed by atoms with Gasteiger partial charge in [-0.3, -0.25) is 37.3 Å². The van der Waals surface area contributed by atoms with E-state index < -0.39 is 97.5 Å². The van der Waals surface area contributed by atoms with Crippen molar-refractivity contribution in [1.82, 2.24) is 0 Å². The van der Waals surface area contributed by atoms with Crippen LogP contribution in [0.1, 0.15) is 376 Å². The molecule has 558 valence electrons. The number of aliphatic hydroxyl groups excluding tert-OH is 1. The maximum Gasteiger partial charge on any atom is 0.472 e. The highest BCUT2D eigenvalue weighted by molar-refractivity contribution is 7.47. The summed E-state index contributed by atoms with van der Waals surface area (Å²) >= 11 is 0. The van der Waals surface area contributed by atoms with E-state index in [1.165, 1.54) is 173 Å². The SMILES string of the molecule is CCC(C)CCCCCCCCCCCCCCCCCCCCC(=O)O[C@H](COC(=O)CCCCCCCCCCC(C)C)COP(=O)(O)OC[C@@H](O)COP(=O)(O)OC[C@@H](COC(=O)CCCCCCCCC(C)CC)OC(=O)CCCCCCCCCCC(C)C. The van der Waals surface area contributed by atoms with Crippen LogP contribution in [-0.4, -0.2) is 96.7 Å². The first-order valence-corrected chi connectivity index (χ1v) is 41.8. The highest BCUT2D eigenvalue weighted by Gasteiger charge is 2.30. The standard InChI is InChI=1S/C75H146O17P2/c1-9-67(7)53-45-37-29-21-19-17-15-13-11-12-14-16-18-20-22-31-41-49-57-74(79)91-70(61-85-72(77)55-47-39-30-25-23-27-35-43-51-65(3)4)63-89-93(81,82)87-59-69(76)60-88-94(83,84)90-64-71(62-86-73(78)56-48-40-34-33-38-46-54-68(8)10-2)92-75(80)58-50-42-32-26-24-28-36-44-52-66(5)6/h65-71,76H,9-64H2,1-8H3,(H,81,82)(H,83,84)/t67?,68?,69-,70-,71-/m1/s1. The van der Waals surface area contributed by atoms with Gasteiger partial charge in [-0.05, 0) is 49.4 Å². The normalized spacial score (nSPS) is 14.7. The van der Waals surface area contributed by atoms with Gasteiger partial charge in [-0.25, -0.2) is 9.13 Å². The molecule has 0 saturated heterocycles. The predicted octanol–water partition coefficient (Wildman–Crippen LogP) is 21.7. The van der Waals surface area contributed by atoms with Crippen molar-refractivity contribution in [3.05, 3.63) is 0 Å². The third-order valence-electron chi connectivity index (χ3n) is 18.0. The van der Waals surface area contributed by atoms with E-state index in [9.17, 15) is 43.2 Å². The molecule has 0 aromatic rings. The van der Waals surface area contributed by atoms with E-state index >= 15 is 0 Å². The summed E-state index contributed by atoms with van der Waals surface area (Å²) in [7, 11) is -9.91. The molecule has 0 aliphatic rings. The van der Waals surface area contributed by atoms with E-state index in [2.05, 4.69) is 55.4 Å². The zero-order chi connectivity index (χ0) is 69.6. The Morgan fingerprint density at radius 1 is 0.298 bits per heavy atom. The van der Waals surface area contributed by atoms with Crippen molar-refractivity contribution >= 4 is 39.5 Å². The highest BCUT2D eigenvalue weighted by Crippen LogP contribution is 2.45. The molecule has 0 spiro atoms. The molecule has 94 heavy (non-hydrogen) atoms. The maximum atomic E-state index is 13.1. The molecule has 17 nitrogen and oxygen atoms in total. The summed E-state index contributed by atoms with van der Waals surface area (Å²) in [6, 6.07) is 0. The topological polar surface area (TPSA) is 237 Å². The molecule has 0 bridgehead atoms. The first-order chi connectivity index (χ1) is 45.2. The fourth-order valence-corrected chi connectivity index (χ4v) is 12.9. The predicted molar refractivity (Wildman–Crippen MR) is 381 cm³/mol. The van der Waals surface area contributed by atoms with E-state index in [-0.39, 0.29) is 25.7 Å². The number of rotatable bonds is 72. The molecule has 0 amide bonds. The minimum Gasteiger partial charge on any atom is -0.462 e. The lowest BCUT2D eigenvalue weighted by atomic mass is 9.99. The van der Waals surface area contributed by atoms with Crippen molar-refractivity contribution in [2.24, 2.45) is 23.7 Å². The number of phosphoric acid groups is 2.